The molecule has 0 saturated carbocycles. The van der Waals surface area contributed by atoms with E-state index >= 15 is 0 Å². The molecule has 0 atom stereocenters. The van der Waals surface area contributed by atoms with Crippen molar-refractivity contribution in [3.05, 3.63) is 65.7 Å². The number of hydrogen-bond acceptors (Lipinski definition) is 1. The van der Waals surface area contributed by atoms with Crippen LogP contribution in [0.15, 0.2) is 59.5 Å². The minimum Gasteiger partial charge on any atom is -0.121 e. The normalized spacial score (nSPS) is 10.8. The Hall–Kier alpha value is -1.21. The van der Waals surface area contributed by atoms with Gasteiger partial charge in [-0.1, -0.05) is 56.3 Å². The predicted molar refractivity (Wildman–Crippen MR) is 76.5 cm³/mol. The molecule has 0 fully saturated rings. The molecule has 0 unspecified atom stereocenters. The van der Waals surface area contributed by atoms with Crippen molar-refractivity contribution in [3.63, 3.8) is 0 Å². The molecule has 0 amide bonds. The van der Waals surface area contributed by atoms with Crippen LogP contribution in [0.5, 0.6) is 0 Å². The number of thioether (sulfide) groups is 1. The lowest BCUT2D eigenvalue weighted by molar-refractivity contribution is 0.866. The molecule has 17 heavy (non-hydrogen) atoms. The summed E-state index contributed by atoms with van der Waals surface area (Å²) in [4.78, 5) is 1.33. The molecule has 2 rings (SSSR count). The molecule has 88 valence electrons. The summed E-state index contributed by atoms with van der Waals surface area (Å²) in [6, 6.07) is 19.5. The van der Waals surface area contributed by atoms with Crippen LogP contribution < -0.4 is 0 Å². The van der Waals surface area contributed by atoms with Crippen LogP contribution in [-0.4, -0.2) is 0 Å². The molecular weight excluding hydrogens is 224 g/mol. The van der Waals surface area contributed by atoms with Crippen molar-refractivity contribution in [3.8, 4) is 0 Å². The maximum Gasteiger partial charge on any atom is 0.0231 e. The molecule has 2 aromatic carbocycles. The van der Waals surface area contributed by atoms with Gasteiger partial charge >= 0.3 is 0 Å². The van der Waals surface area contributed by atoms with Gasteiger partial charge in [0.2, 0.25) is 0 Å². The second-order valence-corrected chi connectivity index (χ2v) is 5.55. The standard InChI is InChI=1S/C16H18S/c1-13(2)15-10-8-14(9-11-15)12-17-16-6-4-3-5-7-16/h3-11,13H,12H2,1-2H3. The molecule has 0 aliphatic heterocycles. The molecule has 0 N–H and O–H groups in total. The zero-order valence-corrected chi connectivity index (χ0v) is 11.2. The van der Waals surface area contributed by atoms with Gasteiger partial charge in [0.05, 0.1) is 0 Å². The third-order valence-electron chi connectivity index (χ3n) is 2.80. The average Bonchev–Trinajstić information content (AvgIpc) is 2.38. The summed E-state index contributed by atoms with van der Waals surface area (Å²) in [6.45, 7) is 4.46. The highest BCUT2D eigenvalue weighted by Gasteiger charge is 1.99. The van der Waals surface area contributed by atoms with Gasteiger partial charge in [-0.25, -0.2) is 0 Å². The minimum atomic E-state index is 0.617. The lowest BCUT2D eigenvalue weighted by Gasteiger charge is -2.06. The molecule has 1 heteroatoms. The zero-order valence-electron chi connectivity index (χ0n) is 10.4. The Labute approximate surface area is 108 Å². The topological polar surface area (TPSA) is 0 Å². The Balaban J connectivity index is 1.96. The quantitative estimate of drug-likeness (QED) is 0.672. The summed E-state index contributed by atoms with van der Waals surface area (Å²) in [7, 11) is 0. The van der Waals surface area contributed by atoms with Crippen LogP contribution in [0.4, 0.5) is 0 Å². The molecule has 2 aromatic rings. The molecular formula is C16H18S. The van der Waals surface area contributed by atoms with Crippen LogP contribution in [0.2, 0.25) is 0 Å². The van der Waals surface area contributed by atoms with Gasteiger partial charge in [-0.15, -0.1) is 11.8 Å². The second kappa shape index (κ2) is 5.92. The summed E-state index contributed by atoms with van der Waals surface area (Å²) in [5.41, 5.74) is 2.81. The van der Waals surface area contributed by atoms with Gasteiger partial charge in [-0.2, -0.15) is 0 Å². The van der Waals surface area contributed by atoms with Crippen LogP contribution >= 0.6 is 11.8 Å². The van der Waals surface area contributed by atoms with Gasteiger partial charge < -0.3 is 0 Å². The third kappa shape index (κ3) is 3.64. The Morgan fingerprint density at radius 1 is 0.882 bits per heavy atom. The van der Waals surface area contributed by atoms with Gasteiger partial charge in [-0.3, -0.25) is 0 Å². The molecule has 0 spiro atoms. The Morgan fingerprint density at radius 2 is 1.53 bits per heavy atom. The van der Waals surface area contributed by atoms with Crippen molar-refractivity contribution in [2.45, 2.75) is 30.4 Å². The predicted octanol–water partition coefficient (Wildman–Crippen LogP) is 5.10. The number of benzene rings is 2. The van der Waals surface area contributed by atoms with Crippen molar-refractivity contribution >= 4 is 11.8 Å². The first kappa shape index (κ1) is 12.3. The van der Waals surface area contributed by atoms with E-state index in [1.165, 1.54) is 16.0 Å². The first-order valence-electron chi connectivity index (χ1n) is 6.02. The maximum absolute atomic E-state index is 2.24. The van der Waals surface area contributed by atoms with E-state index in [1.54, 1.807) is 0 Å². The fourth-order valence-corrected chi connectivity index (χ4v) is 2.56. The van der Waals surface area contributed by atoms with E-state index in [-0.39, 0.29) is 0 Å². The van der Waals surface area contributed by atoms with Crippen molar-refractivity contribution in [1.82, 2.24) is 0 Å². The van der Waals surface area contributed by atoms with E-state index in [0.29, 0.717) is 5.92 Å². The van der Waals surface area contributed by atoms with Gasteiger partial charge in [0.15, 0.2) is 0 Å². The largest absolute Gasteiger partial charge is 0.121 e. The minimum absolute atomic E-state index is 0.617. The second-order valence-electron chi connectivity index (χ2n) is 4.50. The fourth-order valence-electron chi connectivity index (χ4n) is 1.68. The van der Waals surface area contributed by atoms with Crippen LogP contribution in [0.1, 0.15) is 30.9 Å². The highest BCUT2D eigenvalue weighted by atomic mass is 32.2. The smallest absolute Gasteiger partial charge is 0.0231 e. The van der Waals surface area contributed by atoms with Crippen LogP contribution in [0.3, 0.4) is 0 Å². The Kier molecular flexibility index (Phi) is 4.27. The highest BCUT2D eigenvalue weighted by Crippen LogP contribution is 2.23. The number of hydrogen-bond donors (Lipinski definition) is 0. The molecule has 0 radical (unpaired) electrons. The van der Waals surface area contributed by atoms with Gasteiger partial charge in [0.1, 0.15) is 0 Å². The molecule has 0 aliphatic rings. The SMILES string of the molecule is CC(C)c1ccc(CSc2ccccc2)cc1. The lowest BCUT2D eigenvalue weighted by atomic mass is 10.0. The van der Waals surface area contributed by atoms with E-state index in [1.807, 2.05) is 11.8 Å². The molecule has 0 bridgehead atoms. The zero-order chi connectivity index (χ0) is 12.1. The monoisotopic (exact) mass is 242 g/mol. The summed E-state index contributed by atoms with van der Waals surface area (Å²) in [6.07, 6.45) is 0. The first-order chi connectivity index (χ1) is 8.25. The number of rotatable bonds is 4. The van der Waals surface area contributed by atoms with E-state index in [4.69, 9.17) is 0 Å². The summed E-state index contributed by atoms with van der Waals surface area (Å²) < 4.78 is 0. The first-order valence-corrected chi connectivity index (χ1v) is 7.01. The van der Waals surface area contributed by atoms with Crippen LogP contribution in [0.25, 0.3) is 0 Å². The summed E-state index contributed by atoms with van der Waals surface area (Å²) in [5, 5.41) is 0. The highest BCUT2D eigenvalue weighted by molar-refractivity contribution is 7.98. The third-order valence-corrected chi connectivity index (χ3v) is 3.88. The van der Waals surface area contributed by atoms with Crippen molar-refractivity contribution in [2.75, 3.05) is 0 Å². The maximum atomic E-state index is 2.24. The Morgan fingerprint density at radius 3 is 2.12 bits per heavy atom. The van der Waals surface area contributed by atoms with Crippen molar-refractivity contribution < 1.29 is 0 Å². The fraction of sp³-hybridized carbons (Fsp3) is 0.250. The van der Waals surface area contributed by atoms with E-state index in [0.717, 1.165) is 5.75 Å². The molecule has 0 nitrogen and oxygen atoms in total. The summed E-state index contributed by atoms with van der Waals surface area (Å²) >= 11 is 1.89. The summed E-state index contributed by atoms with van der Waals surface area (Å²) in [5.74, 6) is 1.66. The molecule has 0 saturated heterocycles. The van der Waals surface area contributed by atoms with E-state index < -0.39 is 0 Å². The van der Waals surface area contributed by atoms with Gasteiger partial charge in [0.25, 0.3) is 0 Å². The van der Waals surface area contributed by atoms with Crippen LogP contribution in [0, 0.1) is 0 Å². The van der Waals surface area contributed by atoms with Gasteiger partial charge in [0, 0.05) is 10.6 Å². The van der Waals surface area contributed by atoms with E-state index in [9.17, 15) is 0 Å². The van der Waals surface area contributed by atoms with Gasteiger partial charge in [-0.05, 0) is 29.2 Å². The van der Waals surface area contributed by atoms with Crippen LogP contribution in [-0.2, 0) is 5.75 Å². The molecule has 0 aromatic heterocycles. The van der Waals surface area contributed by atoms with Crippen molar-refractivity contribution in [1.29, 1.82) is 0 Å². The van der Waals surface area contributed by atoms with Crippen molar-refractivity contribution in [2.24, 2.45) is 0 Å². The average molecular weight is 242 g/mol. The van der Waals surface area contributed by atoms with E-state index in [2.05, 4.69) is 68.4 Å². The lowest BCUT2D eigenvalue weighted by Crippen LogP contribution is -1.87. The molecule has 0 aliphatic carbocycles. The molecule has 0 heterocycles. The Bertz CT molecular complexity index is 443.